The van der Waals surface area contributed by atoms with Crippen LogP contribution < -0.4 is 10.2 Å². The Bertz CT molecular complexity index is 1070. The maximum atomic E-state index is 13.2. The van der Waals surface area contributed by atoms with Crippen molar-refractivity contribution in [2.75, 3.05) is 16.8 Å². The van der Waals surface area contributed by atoms with Gasteiger partial charge in [-0.1, -0.05) is 24.3 Å². The molecular formula is C23H20FN3O3S. The fraction of sp³-hybridized carbons (Fsp3) is 0.174. The summed E-state index contributed by atoms with van der Waals surface area (Å²) >= 11 is 1.58. The molecule has 2 heterocycles. The van der Waals surface area contributed by atoms with Crippen LogP contribution >= 0.6 is 11.3 Å². The molecule has 0 saturated carbocycles. The lowest BCUT2D eigenvalue weighted by Gasteiger charge is -2.21. The van der Waals surface area contributed by atoms with E-state index < -0.39 is 29.7 Å². The van der Waals surface area contributed by atoms with E-state index in [2.05, 4.69) is 5.32 Å². The van der Waals surface area contributed by atoms with Crippen molar-refractivity contribution >= 4 is 40.6 Å². The van der Waals surface area contributed by atoms with Crippen LogP contribution in [0.4, 0.5) is 20.6 Å². The van der Waals surface area contributed by atoms with Crippen molar-refractivity contribution in [3.8, 4) is 0 Å². The predicted molar refractivity (Wildman–Crippen MR) is 117 cm³/mol. The standard InChI is InChI=1S/C23H20FN3O3S/c24-16-8-10-17(11-9-16)25-21(28)15-20-22(29)27(18-5-2-1-3-6-18)23(30)26(20)13-12-19-7-4-14-31-19/h1-11,14,20H,12-13,15H2,(H,25,28)/t20-/m1/s1. The molecule has 1 atom stereocenters. The van der Waals surface area contributed by atoms with Crippen LogP contribution in [0.2, 0.25) is 0 Å². The van der Waals surface area contributed by atoms with Crippen molar-refractivity contribution in [3.63, 3.8) is 0 Å². The first-order chi connectivity index (χ1) is 15.0. The van der Waals surface area contributed by atoms with Crippen molar-refractivity contribution in [2.45, 2.75) is 18.9 Å². The molecule has 6 nitrogen and oxygen atoms in total. The fourth-order valence-electron chi connectivity index (χ4n) is 3.51. The van der Waals surface area contributed by atoms with Gasteiger partial charge in [-0.2, -0.15) is 0 Å². The van der Waals surface area contributed by atoms with Gasteiger partial charge in [0.1, 0.15) is 11.9 Å². The lowest BCUT2D eigenvalue weighted by molar-refractivity contribution is -0.124. The molecule has 158 valence electrons. The highest BCUT2D eigenvalue weighted by Gasteiger charge is 2.46. The Hall–Kier alpha value is -3.52. The third-order valence-corrected chi connectivity index (χ3v) is 5.96. The summed E-state index contributed by atoms with van der Waals surface area (Å²) in [5.41, 5.74) is 0.897. The van der Waals surface area contributed by atoms with Crippen molar-refractivity contribution in [1.29, 1.82) is 0 Å². The summed E-state index contributed by atoms with van der Waals surface area (Å²) in [6, 6.07) is 16.6. The zero-order chi connectivity index (χ0) is 21.8. The number of benzene rings is 2. The fourth-order valence-corrected chi connectivity index (χ4v) is 4.21. The third-order valence-electron chi connectivity index (χ3n) is 5.02. The molecule has 0 spiro atoms. The average Bonchev–Trinajstić information content (AvgIpc) is 3.36. The Morgan fingerprint density at radius 2 is 1.74 bits per heavy atom. The van der Waals surface area contributed by atoms with Crippen LogP contribution in [0.5, 0.6) is 0 Å². The van der Waals surface area contributed by atoms with Crippen molar-refractivity contribution in [1.82, 2.24) is 4.90 Å². The quantitative estimate of drug-likeness (QED) is 0.561. The second-order valence-electron chi connectivity index (χ2n) is 7.09. The van der Waals surface area contributed by atoms with Gasteiger partial charge in [0.2, 0.25) is 5.91 Å². The maximum Gasteiger partial charge on any atom is 0.332 e. The summed E-state index contributed by atoms with van der Waals surface area (Å²) in [4.78, 5) is 42.6. The number of imide groups is 1. The number of hydrogen-bond acceptors (Lipinski definition) is 4. The van der Waals surface area contributed by atoms with Crippen molar-refractivity contribution in [2.24, 2.45) is 0 Å². The Morgan fingerprint density at radius 1 is 1.00 bits per heavy atom. The second kappa shape index (κ2) is 9.09. The van der Waals surface area contributed by atoms with E-state index in [1.165, 1.54) is 29.2 Å². The van der Waals surface area contributed by atoms with Crippen LogP contribution in [-0.2, 0) is 16.0 Å². The van der Waals surface area contributed by atoms with E-state index in [0.29, 0.717) is 24.3 Å². The topological polar surface area (TPSA) is 69.7 Å². The Labute approximate surface area is 182 Å². The van der Waals surface area contributed by atoms with Crippen LogP contribution in [0.3, 0.4) is 0 Å². The van der Waals surface area contributed by atoms with Gasteiger partial charge in [-0.15, -0.1) is 11.3 Å². The van der Waals surface area contributed by atoms with Gasteiger partial charge in [-0.05, 0) is 54.3 Å². The van der Waals surface area contributed by atoms with Crippen LogP contribution in [0.1, 0.15) is 11.3 Å². The molecule has 0 radical (unpaired) electrons. The lowest BCUT2D eigenvalue weighted by Crippen LogP contribution is -2.39. The maximum absolute atomic E-state index is 13.2. The number of amides is 4. The molecule has 0 unspecified atom stereocenters. The Balaban J connectivity index is 1.53. The molecule has 3 aromatic rings. The summed E-state index contributed by atoms with van der Waals surface area (Å²) < 4.78 is 13.1. The van der Waals surface area contributed by atoms with E-state index in [9.17, 15) is 18.8 Å². The molecule has 31 heavy (non-hydrogen) atoms. The van der Waals surface area contributed by atoms with Gasteiger partial charge in [0.05, 0.1) is 12.1 Å². The minimum Gasteiger partial charge on any atom is -0.326 e. The molecule has 4 rings (SSSR count). The number of carbonyl (C=O) groups is 3. The summed E-state index contributed by atoms with van der Waals surface area (Å²) in [5.74, 6) is -1.27. The molecule has 1 aromatic heterocycles. The molecule has 2 aromatic carbocycles. The average molecular weight is 437 g/mol. The minimum absolute atomic E-state index is 0.185. The molecule has 8 heteroatoms. The second-order valence-corrected chi connectivity index (χ2v) is 8.12. The van der Waals surface area contributed by atoms with Gasteiger partial charge in [0.25, 0.3) is 5.91 Å². The van der Waals surface area contributed by atoms with Gasteiger partial charge < -0.3 is 10.2 Å². The molecule has 1 N–H and O–H groups in total. The zero-order valence-corrected chi connectivity index (χ0v) is 17.3. The van der Waals surface area contributed by atoms with Gasteiger partial charge in [-0.3, -0.25) is 9.59 Å². The Kier molecular flexibility index (Phi) is 6.08. The summed E-state index contributed by atoms with van der Waals surface area (Å²) in [6.45, 7) is 0.322. The number of anilines is 2. The van der Waals surface area contributed by atoms with Gasteiger partial charge in [0, 0.05) is 17.1 Å². The van der Waals surface area contributed by atoms with Gasteiger partial charge in [0.15, 0.2) is 0 Å². The molecule has 0 bridgehead atoms. The first kappa shape index (κ1) is 20.7. The number of carbonyl (C=O) groups excluding carboxylic acids is 3. The highest BCUT2D eigenvalue weighted by Crippen LogP contribution is 2.27. The Morgan fingerprint density at radius 3 is 2.42 bits per heavy atom. The van der Waals surface area contributed by atoms with E-state index in [4.69, 9.17) is 0 Å². The lowest BCUT2D eigenvalue weighted by atomic mass is 10.1. The molecule has 1 aliphatic heterocycles. The predicted octanol–water partition coefficient (Wildman–Crippen LogP) is 4.30. The minimum atomic E-state index is -0.909. The van der Waals surface area contributed by atoms with E-state index in [-0.39, 0.29) is 6.42 Å². The molecular weight excluding hydrogens is 417 g/mol. The summed E-state index contributed by atoms with van der Waals surface area (Å²) in [6.07, 6.45) is 0.408. The molecule has 4 amide bonds. The van der Waals surface area contributed by atoms with E-state index in [1.54, 1.807) is 41.7 Å². The molecule has 1 saturated heterocycles. The number of thiophene rings is 1. The van der Waals surface area contributed by atoms with Crippen LogP contribution in [0.15, 0.2) is 72.1 Å². The number of rotatable bonds is 7. The smallest absolute Gasteiger partial charge is 0.326 e. The summed E-state index contributed by atoms with van der Waals surface area (Å²) in [5, 5.41) is 4.62. The number of para-hydroxylation sites is 1. The van der Waals surface area contributed by atoms with Crippen LogP contribution in [0, 0.1) is 5.82 Å². The molecule has 1 fully saturated rings. The number of nitrogens with one attached hydrogen (secondary N) is 1. The highest BCUT2D eigenvalue weighted by atomic mass is 32.1. The SMILES string of the molecule is O=C(C[C@@H]1C(=O)N(c2ccccc2)C(=O)N1CCc1cccs1)Nc1ccc(F)cc1. The van der Waals surface area contributed by atoms with E-state index in [1.807, 2.05) is 17.5 Å². The zero-order valence-electron chi connectivity index (χ0n) is 16.5. The van der Waals surface area contributed by atoms with Crippen molar-refractivity contribution in [3.05, 3.63) is 82.8 Å². The summed E-state index contributed by atoms with van der Waals surface area (Å²) in [7, 11) is 0. The van der Waals surface area contributed by atoms with Gasteiger partial charge >= 0.3 is 6.03 Å². The molecule has 0 aliphatic carbocycles. The number of halogens is 1. The number of nitrogens with zero attached hydrogens (tertiary/aromatic N) is 2. The van der Waals surface area contributed by atoms with Crippen LogP contribution in [-0.4, -0.2) is 35.3 Å². The van der Waals surface area contributed by atoms with E-state index in [0.717, 1.165) is 9.78 Å². The first-order valence-corrected chi connectivity index (χ1v) is 10.7. The largest absolute Gasteiger partial charge is 0.332 e. The first-order valence-electron chi connectivity index (χ1n) is 9.80. The van der Waals surface area contributed by atoms with Crippen LogP contribution in [0.25, 0.3) is 0 Å². The third kappa shape index (κ3) is 4.64. The van der Waals surface area contributed by atoms with Crippen molar-refractivity contribution < 1.29 is 18.8 Å². The van der Waals surface area contributed by atoms with Gasteiger partial charge in [-0.25, -0.2) is 14.1 Å². The molecule has 1 aliphatic rings. The monoisotopic (exact) mass is 437 g/mol. The number of urea groups is 1. The van der Waals surface area contributed by atoms with E-state index >= 15 is 0 Å². The number of hydrogen-bond donors (Lipinski definition) is 1. The highest BCUT2D eigenvalue weighted by molar-refractivity contribution is 7.09. The normalized spacial score (nSPS) is 16.1.